The van der Waals surface area contributed by atoms with E-state index >= 15 is 0 Å². The van der Waals surface area contributed by atoms with Crippen LogP contribution in [-0.4, -0.2) is 28.2 Å². The molecule has 1 aromatic rings. The van der Waals surface area contributed by atoms with Gasteiger partial charge in [-0.15, -0.1) is 0 Å². The summed E-state index contributed by atoms with van der Waals surface area (Å²) in [6.45, 7) is 10.2. The molecule has 6 heteroatoms. The Labute approximate surface area is 120 Å². The normalized spacial score (nSPS) is 12.1. The van der Waals surface area contributed by atoms with Crippen LogP contribution in [0.3, 0.4) is 0 Å². The van der Waals surface area contributed by atoms with Gasteiger partial charge in [-0.1, -0.05) is 13.8 Å². The number of rotatable bonds is 4. The maximum atomic E-state index is 11.6. The zero-order chi connectivity index (χ0) is 15.4. The van der Waals surface area contributed by atoms with Crippen LogP contribution in [-0.2, 0) is 10.2 Å². The molecule has 0 aromatic carbocycles. The van der Waals surface area contributed by atoms with Crippen molar-refractivity contribution in [2.24, 2.45) is 5.73 Å². The first kappa shape index (κ1) is 16.4. The number of nitrogens with zero attached hydrogens (tertiary/aromatic N) is 2. The van der Waals surface area contributed by atoms with Crippen molar-refractivity contribution in [1.82, 2.24) is 9.97 Å². The highest BCUT2D eigenvalue weighted by molar-refractivity contribution is 5.82. The van der Waals surface area contributed by atoms with Gasteiger partial charge in [0.05, 0.1) is 0 Å². The second-order valence-corrected chi connectivity index (χ2v) is 6.34. The molecule has 1 rings (SSSR count). The van der Waals surface area contributed by atoms with Crippen molar-refractivity contribution < 1.29 is 9.53 Å². The van der Waals surface area contributed by atoms with Crippen molar-refractivity contribution in [2.45, 2.75) is 52.1 Å². The molecule has 0 aliphatic rings. The maximum absolute atomic E-state index is 11.6. The average molecular weight is 280 g/mol. The van der Waals surface area contributed by atoms with Crippen molar-refractivity contribution in [3.8, 4) is 0 Å². The molecule has 0 atom stereocenters. The van der Waals surface area contributed by atoms with E-state index in [0.717, 1.165) is 12.0 Å². The van der Waals surface area contributed by atoms with E-state index in [1.807, 2.05) is 0 Å². The van der Waals surface area contributed by atoms with Gasteiger partial charge in [-0.05, 0) is 44.7 Å². The third-order valence-electron chi connectivity index (χ3n) is 2.82. The van der Waals surface area contributed by atoms with Gasteiger partial charge in [0.25, 0.3) is 0 Å². The predicted octanol–water partition coefficient (Wildman–Crippen LogP) is 2.45. The van der Waals surface area contributed by atoms with Gasteiger partial charge in [0, 0.05) is 12.4 Å². The standard InChI is InChI=1S/C14H24N4O2/c1-13(2,3)20-12(19)18-11-16-8-10(9-17-11)14(4,5)6-7-15/h8-9H,6-7,15H2,1-5H3,(H,16,17,18,19). The van der Waals surface area contributed by atoms with Crippen LogP contribution < -0.4 is 11.1 Å². The van der Waals surface area contributed by atoms with E-state index in [1.165, 1.54) is 0 Å². The molecule has 20 heavy (non-hydrogen) atoms. The molecule has 1 heterocycles. The highest BCUT2D eigenvalue weighted by Gasteiger charge is 2.21. The lowest BCUT2D eigenvalue weighted by Crippen LogP contribution is -2.28. The number of carbonyl (C=O) groups excluding carboxylic acids is 1. The number of aromatic nitrogens is 2. The first-order valence-electron chi connectivity index (χ1n) is 6.67. The molecule has 3 N–H and O–H groups in total. The quantitative estimate of drug-likeness (QED) is 0.884. The molecule has 0 spiro atoms. The zero-order valence-electron chi connectivity index (χ0n) is 12.9. The monoisotopic (exact) mass is 280 g/mol. The molecular weight excluding hydrogens is 256 g/mol. The van der Waals surface area contributed by atoms with Gasteiger partial charge < -0.3 is 10.5 Å². The number of carbonyl (C=O) groups is 1. The van der Waals surface area contributed by atoms with E-state index in [0.29, 0.717) is 6.54 Å². The SMILES string of the molecule is CC(C)(C)OC(=O)Nc1ncc(C(C)(C)CCN)cn1. The Balaban J connectivity index is 2.70. The van der Waals surface area contributed by atoms with Crippen LogP contribution in [0.4, 0.5) is 10.7 Å². The van der Waals surface area contributed by atoms with E-state index in [9.17, 15) is 4.79 Å². The molecule has 0 bridgehead atoms. The van der Waals surface area contributed by atoms with Gasteiger partial charge in [-0.2, -0.15) is 0 Å². The predicted molar refractivity (Wildman–Crippen MR) is 78.6 cm³/mol. The van der Waals surface area contributed by atoms with Crippen molar-refractivity contribution >= 4 is 12.0 Å². The zero-order valence-corrected chi connectivity index (χ0v) is 12.9. The van der Waals surface area contributed by atoms with E-state index in [1.54, 1.807) is 33.2 Å². The molecule has 0 saturated carbocycles. The largest absolute Gasteiger partial charge is 0.444 e. The summed E-state index contributed by atoms with van der Waals surface area (Å²) in [6.07, 6.45) is 3.69. The summed E-state index contributed by atoms with van der Waals surface area (Å²) in [5, 5.41) is 2.50. The lowest BCUT2D eigenvalue weighted by Gasteiger charge is -2.23. The Kier molecular flexibility index (Phi) is 5.05. The second kappa shape index (κ2) is 6.17. The topological polar surface area (TPSA) is 90.1 Å². The van der Waals surface area contributed by atoms with Crippen LogP contribution in [0.25, 0.3) is 0 Å². The minimum absolute atomic E-state index is 0.0841. The molecule has 112 valence electrons. The van der Waals surface area contributed by atoms with E-state index < -0.39 is 11.7 Å². The smallest absolute Gasteiger partial charge is 0.414 e. The summed E-state index contributed by atoms with van der Waals surface area (Å²) < 4.78 is 5.13. The first-order valence-corrected chi connectivity index (χ1v) is 6.67. The Bertz CT molecular complexity index is 449. The van der Waals surface area contributed by atoms with Crippen LogP contribution in [0.5, 0.6) is 0 Å². The number of nitrogens with one attached hydrogen (secondary N) is 1. The summed E-state index contributed by atoms with van der Waals surface area (Å²) in [5.41, 5.74) is 5.94. The van der Waals surface area contributed by atoms with E-state index in [-0.39, 0.29) is 11.4 Å². The summed E-state index contributed by atoms with van der Waals surface area (Å²) in [5.74, 6) is 0.228. The van der Waals surface area contributed by atoms with Gasteiger partial charge >= 0.3 is 6.09 Å². The van der Waals surface area contributed by atoms with Gasteiger partial charge in [0.1, 0.15) is 5.60 Å². The third-order valence-corrected chi connectivity index (χ3v) is 2.82. The Morgan fingerprint density at radius 2 is 1.80 bits per heavy atom. The molecule has 0 radical (unpaired) electrons. The highest BCUT2D eigenvalue weighted by Crippen LogP contribution is 2.25. The highest BCUT2D eigenvalue weighted by atomic mass is 16.6. The number of anilines is 1. The fraction of sp³-hybridized carbons (Fsp3) is 0.643. The first-order chi connectivity index (χ1) is 9.14. The van der Waals surface area contributed by atoms with Gasteiger partial charge in [-0.25, -0.2) is 14.8 Å². The molecular formula is C14H24N4O2. The van der Waals surface area contributed by atoms with Gasteiger partial charge in [0.2, 0.25) is 5.95 Å². The number of ether oxygens (including phenoxy) is 1. The molecule has 1 amide bonds. The Morgan fingerprint density at radius 3 is 2.25 bits per heavy atom. The maximum Gasteiger partial charge on any atom is 0.414 e. The van der Waals surface area contributed by atoms with Crippen molar-refractivity contribution in [3.05, 3.63) is 18.0 Å². The van der Waals surface area contributed by atoms with E-state index in [2.05, 4.69) is 29.1 Å². The number of nitrogens with two attached hydrogens (primary N) is 1. The Morgan fingerprint density at radius 1 is 1.25 bits per heavy atom. The van der Waals surface area contributed by atoms with Crippen LogP contribution in [0.1, 0.15) is 46.6 Å². The summed E-state index contributed by atoms with van der Waals surface area (Å²) in [7, 11) is 0. The molecule has 0 aliphatic carbocycles. The number of hydrogen-bond acceptors (Lipinski definition) is 5. The lowest BCUT2D eigenvalue weighted by atomic mass is 9.83. The average Bonchev–Trinajstić information content (AvgIpc) is 2.26. The third kappa shape index (κ3) is 5.13. The summed E-state index contributed by atoms with van der Waals surface area (Å²) >= 11 is 0. The Hall–Kier alpha value is -1.69. The molecule has 6 nitrogen and oxygen atoms in total. The molecule has 0 fully saturated rings. The van der Waals surface area contributed by atoms with Crippen molar-refractivity contribution in [2.75, 3.05) is 11.9 Å². The second-order valence-electron chi connectivity index (χ2n) is 6.34. The fourth-order valence-electron chi connectivity index (χ4n) is 1.64. The number of hydrogen-bond donors (Lipinski definition) is 2. The molecule has 0 aliphatic heterocycles. The van der Waals surface area contributed by atoms with Gasteiger partial charge in [0.15, 0.2) is 0 Å². The fourth-order valence-corrected chi connectivity index (χ4v) is 1.64. The van der Waals surface area contributed by atoms with Crippen LogP contribution in [0.15, 0.2) is 12.4 Å². The van der Waals surface area contributed by atoms with E-state index in [4.69, 9.17) is 10.5 Å². The minimum Gasteiger partial charge on any atom is -0.444 e. The van der Waals surface area contributed by atoms with Gasteiger partial charge in [-0.3, -0.25) is 5.32 Å². The summed E-state index contributed by atoms with van der Waals surface area (Å²) in [6, 6.07) is 0. The molecule has 1 aromatic heterocycles. The van der Waals surface area contributed by atoms with Crippen LogP contribution in [0.2, 0.25) is 0 Å². The van der Waals surface area contributed by atoms with Crippen molar-refractivity contribution in [1.29, 1.82) is 0 Å². The van der Waals surface area contributed by atoms with Crippen LogP contribution in [0, 0.1) is 0 Å². The van der Waals surface area contributed by atoms with Crippen LogP contribution >= 0.6 is 0 Å². The lowest BCUT2D eigenvalue weighted by molar-refractivity contribution is 0.0634. The minimum atomic E-state index is -0.563. The molecule has 0 unspecified atom stereocenters. The molecule has 0 saturated heterocycles. The summed E-state index contributed by atoms with van der Waals surface area (Å²) in [4.78, 5) is 19.8. The number of amides is 1. The van der Waals surface area contributed by atoms with Crippen molar-refractivity contribution in [3.63, 3.8) is 0 Å².